The van der Waals surface area contributed by atoms with Crippen molar-refractivity contribution in [3.63, 3.8) is 0 Å². The van der Waals surface area contributed by atoms with Crippen molar-refractivity contribution in [2.75, 3.05) is 17.2 Å². The Hall–Kier alpha value is -5.23. The molecule has 0 fully saturated rings. The molecule has 0 unspecified atom stereocenters. The van der Waals surface area contributed by atoms with Crippen LogP contribution >= 0.6 is 0 Å². The van der Waals surface area contributed by atoms with Gasteiger partial charge in [-0.1, -0.05) is 41.6 Å². The molecule has 188 valence electrons. The molecular weight excluding hydrogens is 486 g/mol. The Morgan fingerprint density at radius 3 is 2.66 bits per heavy atom. The van der Waals surface area contributed by atoms with Gasteiger partial charge in [-0.25, -0.2) is 15.0 Å². The third-order valence-electron chi connectivity index (χ3n) is 5.94. The van der Waals surface area contributed by atoms with E-state index in [-0.39, 0.29) is 18.4 Å². The molecule has 1 aliphatic heterocycles. The standard InChI is InChI=1S/C26H21N9O3/c36-14-21(15-6-2-1-3-7-15)31-19-10-22(33-26-30-11-16-20(32-26)13-29-24(16)37)28-12-17(19)25-34-23(35-38-25)18-8-4-5-9-27-18/h1-12,21,36H,13-14H2,(H,29,37)(H2,28,30,31,32,33)/t21-/m1/s1. The number of carbonyl (C=O) groups is 1. The van der Waals surface area contributed by atoms with Crippen molar-refractivity contribution in [1.29, 1.82) is 0 Å². The average Bonchev–Trinajstić information content (AvgIpc) is 3.60. The van der Waals surface area contributed by atoms with Crippen LogP contribution in [0.25, 0.3) is 23.0 Å². The van der Waals surface area contributed by atoms with Crippen molar-refractivity contribution in [2.45, 2.75) is 12.6 Å². The summed E-state index contributed by atoms with van der Waals surface area (Å²) in [5.74, 6) is 1.10. The number of benzene rings is 1. The Kier molecular flexibility index (Phi) is 6.12. The van der Waals surface area contributed by atoms with E-state index in [9.17, 15) is 9.90 Å². The molecule has 12 nitrogen and oxygen atoms in total. The van der Waals surface area contributed by atoms with E-state index in [2.05, 4.69) is 46.0 Å². The second kappa shape index (κ2) is 10.0. The van der Waals surface area contributed by atoms with Crippen molar-refractivity contribution < 1.29 is 14.4 Å². The molecule has 12 heteroatoms. The molecular formula is C26H21N9O3. The topological polar surface area (TPSA) is 164 Å². The molecule has 5 aromatic rings. The first-order valence-electron chi connectivity index (χ1n) is 11.8. The maximum absolute atomic E-state index is 11.8. The molecule has 0 spiro atoms. The van der Waals surface area contributed by atoms with Gasteiger partial charge in [0.05, 0.1) is 41.7 Å². The van der Waals surface area contributed by atoms with Gasteiger partial charge in [0, 0.05) is 24.7 Å². The lowest BCUT2D eigenvalue weighted by atomic mass is 10.1. The van der Waals surface area contributed by atoms with Gasteiger partial charge >= 0.3 is 0 Å². The van der Waals surface area contributed by atoms with E-state index >= 15 is 0 Å². The lowest BCUT2D eigenvalue weighted by molar-refractivity contribution is 0.0965. The van der Waals surface area contributed by atoms with Crippen molar-refractivity contribution in [2.24, 2.45) is 0 Å². The first kappa shape index (κ1) is 23.2. The summed E-state index contributed by atoms with van der Waals surface area (Å²) in [6.45, 7) is 0.183. The zero-order chi connectivity index (χ0) is 25.9. The predicted molar refractivity (Wildman–Crippen MR) is 137 cm³/mol. The first-order chi connectivity index (χ1) is 18.7. The number of aliphatic hydroxyl groups excluding tert-OH is 1. The molecule has 0 saturated carbocycles. The molecule has 1 aliphatic rings. The molecule has 0 saturated heterocycles. The lowest BCUT2D eigenvalue weighted by Gasteiger charge is -2.20. The zero-order valence-electron chi connectivity index (χ0n) is 19.9. The highest BCUT2D eigenvalue weighted by atomic mass is 16.5. The largest absolute Gasteiger partial charge is 0.394 e. The number of carbonyl (C=O) groups excluding carboxylic acids is 1. The van der Waals surface area contributed by atoms with Gasteiger partial charge in [0.25, 0.3) is 11.8 Å². The minimum absolute atomic E-state index is 0.160. The van der Waals surface area contributed by atoms with Crippen LogP contribution in [-0.2, 0) is 6.54 Å². The summed E-state index contributed by atoms with van der Waals surface area (Å²) in [6, 6.07) is 16.3. The lowest BCUT2D eigenvalue weighted by Crippen LogP contribution is -2.15. The predicted octanol–water partition coefficient (Wildman–Crippen LogP) is 3.12. The molecule has 38 heavy (non-hydrogen) atoms. The van der Waals surface area contributed by atoms with E-state index in [1.807, 2.05) is 36.4 Å². The molecule has 6 rings (SSSR count). The van der Waals surface area contributed by atoms with E-state index in [1.54, 1.807) is 30.6 Å². The Morgan fingerprint density at radius 2 is 1.84 bits per heavy atom. The summed E-state index contributed by atoms with van der Waals surface area (Å²) in [5, 5.41) is 23.4. The molecule has 0 aliphatic carbocycles. The number of aromatic nitrogens is 6. The van der Waals surface area contributed by atoms with Crippen LogP contribution in [0.15, 0.2) is 77.7 Å². The van der Waals surface area contributed by atoms with Gasteiger partial charge < -0.3 is 25.6 Å². The van der Waals surface area contributed by atoms with Crippen LogP contribution in [-0.4, -0.2) is 47.7 Å². The first-order valence-corrected chi connectivity index (χ1v) is 11.8. The monoisotopic (exact) mass is 507 g/mol. The number of nitrogens with zero attached hydrogens (tertiary/aromatic N) is 6. The van der Waals surface area contributed by atoms with Crippen molar-refractivity contribution in [3.8, 4) is 23.0 Å². The minimum atomic E-state index is -0.420. The van der Waals surface area contributed by atoms with Gasteiger partial charge in [-0.15, -0.1) is 0 Å². The van der Waals surface area contributed by atoms with Crippen LogP contribution in [0.2, 0.25) is 0 Å². The maximum Gasteiger partial charge on any atom is 0.261 e. The second-order valence-corrected chi connectivity index (χ2v) is 8.41. The average molecular weight is 508 g/mol. The number of amides is 1. The van der Waals surface area contributed by atoms with E-state index in [0.717, 1.165) is 5.56 Å². The third-order valence-corrected chi connectivity index (χ3v) is 5.94. The number of fused-ring (bicyclic) bond motifs is 1. The molecule has 1 amide bonds. The van der Waals surface area contributed by atoms with Gasteiger partial charge in [-0.05, 0) is 17.7 Å². The number of rotatable bonds is 8. The van der Waals surface area contributed by atoms with E-state index in [0.29, 0.717) is 52.3 Å². The van der Waals surface area contributed by atoms with Crippen LogP contribution in [0.1, 0.15) is 27.7 Å². The Morgan fingerprint density at radius 1 is 1.00 bits per heavy atom. The summed E-state index contributed by atoms with van der Waals surface area (Å²) in [7, 11) is 0. The second-order valence-electron chi connectivity index (χ2n) is 8.41. The number of anilines is 3. The highest BCUT2D eigenvalue weighted by molar-refractivity contribution is 5.97. The van der Waals surface area contributed by atoms with E-state index in [1.165, 1.54) is 6.20 Å². The Balaban J connectivity index is 1.35. The van der Waals surface area contributed by atoms with Crippen LogP contribution in [0.4, 0.5) is 17.5 Å². The van der Waals surface area contributed by atoms with Crippen LogP contribution < -0.4 is 16.0 Å². The number of hydrogen-bond donors (Lipinski definition) is 4. The number of pyridine rings is 2. The van der Waals surface area contributed by atoms with Gasteiger partial charge in [-0.3, -0.25) is 9.78 Å². The minimum Gasteiger partial charge on any atom is -0.394 e. The van der Waals surface area contributed by atoms with E-state index in [4.69, 9.17) is 4.52 Å². The van der Waals surface area contributed by atoms with Crippen LogP contribution in [0, 0.1) is 0 Å². The summed E-state index contributed by atoms with van der Waals surface area (Å²) >= 11 is 0. The molecule has 5 heterocycles. The SMILES string of the molecule is O=C1NCc2nc(Nc3cc(N[C@H](CO)c4ccccc4)c(-c4nc(-c5ccccn5)no4)cn3)ncc21. The normalized spacial score (nSPS) is 13.0. The van der Waals surface area contributed by atoms with Crippen LogP contribution in [0.5, 0.6) is 0 Å². The van der Waals surface area contributed by atoms with Gasteiger partial charge in [0.2, 0.25) is 11.8 Å². The Labute approximate surface area is 216 Å². The molecule has 4 aromatic heterocycles. The molecule has 4 N–H and O–H groups in total. The summed E-state index contributed by atoms with van der Waals surface area (Å²) in [4.78, 5) is 33.7. The van der Waals surface area contributed by atoms with Crippen molar-refractivity contribution >= 4 is 23.4 Å². The fraction of sp³-hybridized carbons (Fsp3) is 0.115. The third kappa shape index (κ3) is 4.63. The molecule has 1 aromatic carbocycles. The smallest absolute Gasteiger partial charge is 0.261 e. The molecule has 0 radical (unpaired) electrons. The molecule has 0 bridgehead atoms. The summed E-state index contributed by atoms with van der Waals surface area (Å²) in [6.07, 6.45) is 4.71. The summed E-state index contributed by atoms with van der Waals surface area (Å²) in [5.41, 5.74) is 3.65. The van der Waals surface area contributed by atoms with Crippen molar-refractivity contribution in [1.82, 2.24) is 35.4 Å². The van der Waals surface area contributed by atoms with E-state index < -0.39 is 6.04 Å². The number of nitrogens with one attached hydrogen (secondary N) is 3. The fourth-order valence-corrected chi connectivity index (χ4v) is 4.03. The van der Waals surface area contributed by atoms with Gasteiger partial charge in [-0.2, -0.15) is 4.98 Å². The number of aliphatic hydroxyl groups is 1. The summed E-state index contributed by atoms with van der Waals surface area (Å²) < 4.78 is 5.56. The molecule has 1 atom stereocenters. The fourth-order valence-electron chi connectivity index (χ4n) is 4.03. The zero-order valence-corrected chi connectivity index (χ0v) is 19.9. The van der Waals surface area contributed by atoms with Crippen LogP contribution in [0.3, 0.4) is 0 Å². The quantitative estimate of drug-likeness (QED) is 0.244. The maximum atomic E-state index is 11.8. The van der Waals surface area contributed by atoms with Gasteiger partial charge in [0.15, 0.2) is 0 Å². The van der Waals surface area contributed by atoms with Crippen molar-refractivity contribution in [3.05, 3.63) is 90.0 Å². The highest BCUT2D eigenvalue weighted by Crippen LogP contribution is 2.32. The number of hydrogen-bond acceptors (Lipinski definition) is 11. The van der Waals surface area contributed by atoms with Gasteiger partial charge in [0.1, 0.15) is 11.5 Å². The Bertz CT molecular complexity index is 1590. The highest BCUT2D eigenvalue weighted by Gasteiger charge is 2.22.